The van der Waals surface area contributed by atoms with Gasteiger partial charge in [0.2, 0.25) is 0 Å². The second kappa shape index (κ2) is 8.89. The van der Waals surface area contributed by atoms with Gasteiger partial charge in [-0.05, 0) is 35.2 Å². The minimum atomic E-state index is 0.0887. The number of piperazine rings is 1. The Morgan fingerprint density at radius 1 is 0.935 bits per heavy atom. The van der Waals surface area contributed by atoms with Crippen LogP contribution in [-0.4, -0.2) is 80.2 Å². The maximum atomic E-state index is 11.8. The molecule has 2 aliphatic heterocycles. The second-order valence-corrected chi connectivity index (χ2v) is 8.80. The molecule has 0 aromatic heterocycles. The first-order valence-corrected chi connectivity index (χ1v) is 11.4. The Balaban J connectivity index is 1.23. The molecule has 2 aromatic rings. The number of nitrogens with zero attached hydrogens (tertiary/aromatic N) is 3. The van der Waals surface area contributed by atoms with E-state index in [-0.39, 0.29) is 6.03 Å². The molecule has 2 aromatic carbocycles. The van der Waals surface area contributed by atoms with Crippen LogP contribution in [0.1, 0.15) is 35.1 Å². The van der Waals surface area contributed by atoms with Crippen molar-refractivity contribution in [3.05, 3.63) is 65.2 Å². The first-order chi connectivity index (χ1) is 15.2. The van der Waals surface area contributed by atoms with Gasteiger partial charge in [0.1, 0.15) is 5.75 Å². The molecular formula is C25H32N4O2. The van der Waals surface area contributed by atoms with Gasteiger partial charge in [-0.3, -0.25) is 9.80 Å². The molecule has 6 nitrogen and oxygen atoms in total. The van der Waals surface area contributed by atoms with E-state index in [1.807, 2.05) is 4.90 Å². The number of carbonyl (C=O) groups excluding carboxylic acids is 1. The number of carbonyl (C=O) groups is 1. The van der Waals surface area contributed by atoms with Gasteiger partial charge in [0.25, 0.3) is 0 Å². The first-order valence-electron chi connectivity index (χ1n) is 11.4. The van der Waals surface area contributed by atoms with E-state index in [0.29, 0.717) is 12.0 Å². The number of rotatable bonds is 6. The molecule has 1 N–H and O–H groups in total. The summed E-state index contributed by atoms with van der Waals surface area (Å²) in [5.74, 6) is 1.35. The summed E-state index contributed by atoms with van der Waals surface area (Å²) in [6, 6.07) is 18.1. The smallest absolute Gasteiger partial charge is 0.317 e. The predicted octanol–water partition coefficient (Wildman–Crippen LogP) is 2.91. The van der Waals surface area contributed by atoms with Gasteiger partial charge in [0.15, 0.2) is 0 Å². The monoisotopic (exact) mass is 420 g/mol. The molecule has 2 saturated heterocycles. The largest absolute Gasteiger partial charge is 0.497 e. The summed E-state index contributed by atoms with van der Waals surface area (Å²) in [6.45, 7) is 7.73. The molecule has 0 radical (unpaired) electrons. The van der Waals surface area contributed by atoms with Crippen molar-refractivity contribution in [2.75, 3.05) is 59.5 Å². The fourth-order valence-electron chi connectivity index (χ4n) is 5.39. The number of benzene rings is 2. The number of fused-ring (bicyclic) bond motifs is 1. The molecule has 31 heavy (non-hydrogen) atoms. The van der Waals surface area contributed by atoms with Crippen molar-refractivity contribution in [1.29, 1.82) is 0 Å². The van der Waals surface area contributed by atoms with Crippen molar-refractivity contribution >= 4 is 6.03 Å². The summed E-state index contributed by atoms with van der Waals surface area (Å²) in [5.41, 5.74) is 4.34. The molecule has 2 heterocycles. The van der Waals surface area contributed by atoms with Gasteiger partial charge in [-0.15, -0.1) is 0 Å². The Morgan fingerprint density at radius 2 is 1.68 bits per heavy atom. The molecular weight excluding hydrogens is 388 g/mol. The van der Waals surface area contributed by atoms with Crippen molar-refractivity contribution in [3.8, 4) is 5.75 Å². The van der Waals surface area contributed by atoms with Gasteiger partial charge in [0.05, 0.1) is 7.11 Å². The average Bonchev–Trinajstić information content (AvgIpc) is 3.41. The van der Waals surface area contributed by atoms with Gasteiger partial charge in [-0.1, -0.05) is 36.4 Å². The number of nitrogens with one attached hydrogen (secondary N) is 1. The lowest BCUT2D eigenvalue weighted by molar-refractivity contribution is 0.0905. The van der Waals surface area contributed by atoms with E-state index in [0.717, 1.165) is 64.5 Å². The summed E-state index contributed by atoms with van der Waals surface area (Å²) in [6.07, 6.45) is 1.14. The van der Waals surface area contributed by atoms with E-state index >= 15 is 0 Å². The second-order valence-electron chi connectivity index (χ2n) is 8.80. The highest BCUT2D eigenvalue weighted by Crippen LogP contribution is 2.47. The van der Waals surface area contributed by atoms with Crippen LogP contribution in [0.5, 0.6) is 5.75 Å². The molecule has 5 rings (SSSR count). The maximum absolute atomic E-state index is 11.8. The molecule has 0 spiro atoms. The third-order valence-electron chi connectivity index (χ3n) is 7.19. The standard InChI is InChI=1S/C25H32N4O2/c1-31-20-8-6-19(7-9-20)23-18-24(22-5-3-2-4-21(22)23)28-15-12-27(13-16-28)14-17-29-11-10-26-25(29)30/h2-9,23-24H,10-18H2,1H3,(H,26,30). The zero-order chi connectivity index (χ0) is 21.2. The van der Waals surface area contributed by atoms with Crippen LogP contribution in [0.15, 0.2) is 48.5 Å². The van der Waals surface area contributed by atoms with Gasteiger partial charge < -0.3 is 15.0 Å². The van der Waals surface area contributed by atoms with Gasteiger partial charge in [-0.2, -0.15) is 0 Å². The van der Waals surface area contributed by atoms with Crippen molar-refractivity contribution in [2.24, 2.45) is 0 Å². The van der Waals surface area contributed by atoms with E-state index in [9.17, 15) is 4.79 Å². The number of hydrogen-bond acceptors (Lipinski definition) is 4. The molecule has 0 saturated carbocycles. The SMILES string of the molecule is COc1ccc(C2CC(N3CCN(CCN4CCNC4=O)CC3)c3ccccc32)cc1. The lowest BCUT2D eigenvalue weighted by Gasteiger charge is -2.39. The van der Waals surface area contributed by atoms with Crippen LogP contribution in [0.3, 0.4) is 0 Å². The lowest BCUT2D eigenvalue weighted by atomic mass is 9.93. The Morgan fingerprint density at radius 3 is 2.35 bits per heavy atom. The number of amides is 2. The number of ether oxygens (including phenoxy) is 1. The Bertz CT molecular complexity index is 908. The van der Waals surface area contributed by atoms with E-state index in [1.54, 1.807) is 7.11 Å². The minimum Gasteiger partial charge on any atom is -0.497 e. The third-order valence-corrected chi connectivity index (χ3v) is 7.19. The summed E-state index contributed by atoms with van der Waals surface area (Å²) in [5, 5.41) is 2.89. The van der Waals surface area contributed by atoms with Crippen molar-refractivity contribution in [1.82, 2.24) is 20.0 Å². The van der Waals surface area contributed by atoms with Gasteiger partial charge in [-0.25, -0.2) is 4.79 Å². The zero-order valence-corrected chi connectivity index (χ0v) is 18.3. The Hall–Kier alpha value is -2.57. The highest BCUT2D eigenvalue weighted by Gasteiger charge is 2.36. The molecule has 0 bridgehead atoms. The molecule has 6 heteroatoms. The van der Waals surface area contributed by atoms with Crippen LogP contribution in [0.25, 0.3) is 0 Å². The van der Waals surface area contributed by atoms with E-state index in [1.165, 1.54) is 16.7 Å². The quantitative estimate of drug-likeness (QED) is 0.781. The fourth-order valence-corrected chi connectivity index (χ4v) is 5.39. The van der Waals surface area contributed by atoms with Crippen LogP contribution in [0, 0.1) is 0 Å². The number of methoxy groups -OCH3 is 1. The van der Waals surface area contributed by atoms with Crippen molar-refractivity contribution < 1.29 is 9.53 Å². The van der Waals surface area contributed by atoms with Crippen LogP contribution in [-0.2, 0) is 0 Å². The highest BCUT2D eigenvalue weighted by atomic mass is 16.5. The van der Waals surface area contributed by atoms with Crippen LogP contribution < -0.4 is 10.1 Å². The predicted molar refractivity (Wildman–Crippen MR) is 122 cm³/mol. The van der Waals surface area contributed by atoms with E-state index in [4.69, 9.17) is 4.74 Å². The summed E-state index contributed by atoms with van der Waals surface area (Å²) in [7, 11) is 1.72. The lowest BCUT2D eigenvalue weighted by Crippen LogP contribution is -2.49. The van der Waals surface area contributed by atoms with Crippen LogP contribution >= 0.6 is 0 Å². The molecule has 2 atom stereocenters. The molecule has 164 valence electrons. The van der Waals surface area contributed by atoms with Gasteiger partial charge >= 0.3 is 6.03 Å². The van der Waals surface area contributed by atoms with E-state index < -0.39 is 0 Å². The normalized spacial score (nSPS) is 24.3. The zero-order valence-electron chi connectivity index (χ0n) is 18.3. The summed E-state index contributed by atoms with van der Waals surface area (Å²) in [4.78, 5) is 18.9. The first kappa shape index (κ1) is 20.3. The minimum absolute atomic E-state index is 0.0887. The fraction of sp³-hybridized carbons (Fsp3) is 0.480. The molecule has 2 fully saturated rings. The summed E-state index contributed by atoms with van der Waals surface area (Å²) < 4.78 is 5.35. The number of urea groups is 1. The topological polar surface area (TPSA) is 48.1 Å². The average molecular weight is 421 g/mol. The molecule has 3 aliphatic rings. The summed E-state index contributed by atoms with van der Waals surface area (Å²) >= 11 is 0. The molecule has 2 unspecified atom stereocenters. The molecule has 1 aliphatic carbocycles. The molecule has 2 amide bonds. The maximum Gasteiger partial charge on any atom is 0.317 e. The number of hydrogen-bond donors (Lipinski definition) is 1. The van der Waals surface area contributed by atoms with Crippen LogP contribution in [0.4, 0.5) is 4.79 Å². The van der Waals surface area contributed by atoms with E-state index in [2.05, 4.69) is 63.6 Å². The third kappa shape index (κ3) is 4.14. The van der Waals surface area contributed by atoms with Crippen LogP contribution in [0.2, 0.25) is 0 Å². The van der Waals surface area contributed by atoms with Crippen molar-refractivity contribution in [3.63, 3.8) is 0 Å². The highest BCUT2D eigenvalue weighted by molar-refractivity contribution is 5.76. The van der Waals surface area contributed by atoms with Crippen molar-refractivity contribution in [2.45, 2.75) is 18.4 Å². The Labute approximate surface area is 184 Å². The van der Waals surface area contributed by atoms with Gasteiger partial charge in [0, 0.05) is 64.3 Å². The Kier molecular flexibility index (Phi) is 5.83.